The number of hydrogen-bond donors (Lipinski definition) is 2. The van der Waals surface area contributed by atoms with Crippen LogP contribution in [0, 0.1) is 0 Å². The summed E-state index contributed by atoms with van der Waals surface area (Å²) < 4.78 is 0. The van der Waals surface area contributed by atoms with Crippen LogP contribution in [0.4, 0.5) is 5.69 Å². The molecule has 1 aromatic rings. The molecule has 0 aromatic carbocycles. The minimum atomic E-state index is 0.340. The summed E-state index contributed by atoms with van der Waals surface area (Å²) in [7, 11) is 0. The van der Waals surface area contributed by atoms with E-state index in [9.17, 15) is 0 Å². The minimum Gasteiger partial charge on any atom is -0.388 e. The van der Waals surface area contributed by atoms with Crippen molar-refractivity contribution in [3.8, 4) is 0 Å². The van der Waals surface area contributed by atoms with Crippen LogP contribution in [-0.2, 0) is 0 Å². The molecular formula is C12H18N4S2. The lowest BCUT2D eigenvalue weighted by Gasteiger charge is -2.26. The Kier molecular flexibility index (Phi) is 5.22. The van der Waals surface area contributed by atoms with Gasteiger partial charge in [0.1, 0.15) is 4.99 Å². The molecule has 0 bridgehead atoms. The molecule has 1 saturated heterocycles. The lowest BCUT2D eigenvalue weighted by atomic mass is 10.3. The van der Waals surface area contributed by atoms with E-state index < -0.39 is 0 Å². The highest BCUT2D eigenvalue weighted by Gasteiger charge is 2.09. The first-order valence-corrected chi connectivity index (χ1v) is 7.62. The van der Waals surface area contributed by atoms with Crippen molar-refractivity contribution in [2.75, 3.05) is 43.0 Å². The van der Waals surface area contributed by atoms with Crippen LogP contribution in [0.3, 0.4) is 0 Å². The highest BCUT2D eigenvalue weighted by atomic mass is 32.2. The molecule has 98 valence electrons. The zero-order chi connectivity index (χ0) is 12.8. The highest BCUT2D eigenvalue weighted by Crippen LogP contribution is 2.09. The maximum Gasteiger partial charge on any atom is 0.122 e. The van der Waals surface area contributed by atoms with Crippen LogP contribution in [0.25, 0.3) is 0 Å². The summed E-state index contributed by atoms with van der Waals surface area (Å²) in [4.78, 5) is 7.02. The van der Waals surface area contributed by atoms with E-state index in [4.69, 9.17) is 18.0 Å². The molecule has 4 nitrogen and oxygen atoms in total. The molecule has 0 atom stereocenters. The predicted molar refractivity (Wildman–Crippen MR) is 82.4 cm³/mol. The van der Waals surface area contributed by atoms with E-state index in [1.807, 2.05) is 23.9 Å². The highest BCUT2D eigenvalue weighted by molar-refractivity contribution is 7.99. The third-order valence-corrected chi connectivity index (χ3v) is 4.03. The number of pyridine rings is 1. The van der Waals surface area contributed by atoms with Crippen LogP contribution in [0.15, 0.2) is 18.3 Å². The van der Waals surface area contributed by atoms with E-state index in [0.717, 1.165) is 18.8 Å². The fourth-order valence-electron chi connectivity index (χ4n) is 1.83. The molecule has 2 heterocycles. The normalized spacial score (nSPS) is 16.4. The van der Waals surface area contributed by atoms with Gasteiger partial charge in [-0.1, -0.05) is 12.2 Å². The monoisotopic (exact) mass is 282 g/mol. The molecule has 0 aliphatic carbocycles. The van der Waals surface area contributed by atoms with Crippen molar-refractivity contribution in [3.05, 3.63) is 24.0 Å². The number of rotatable bonds is 5. The molecule has 0 unspecified atom stereocenters. The molecule has 1 fully saturated rings. The number of anilines is 1. The second-order valence-corrected chi connectivity index (χ2v) is 5.84. The average molecular weight is 282 g/mol. The van der Waals surface area contributed by atoms with Gasteiger partial charge >= 0.3 is 0 Å². The van der Waals surface area contributed by atoms with Gasteiger partial charge in [0.2, 0.25) is 0 Å². The molecule has 1 aromatic heterocycles. The van der Waals surface area contributed by atoms with Gasteiger partial charge in [-0.3, -0.25) is 9.88 Å². The summed E-state index contributed by atoms with van der Waals surface area (Å²) in [6.07, 6.45) is 1.78. The van der Waals surface area contributed by atoms with Crippen molar-refractivity contribution in [2.24, 2.45) is 5.73 Å². The summed E-state index contributed by atoms with van der Waals surface area (Å²) in [6, 6.07) is 3.82. The number of nitrogens with zero attached hydrogens (tertiary/aromatic N) is 2. The molecule has 3 N–H and O–H groups in total. The quantitative estimate of drug-likeness (QED) is 0.791. The van der Waals surface area contributed by atoms with Crippen molar-refractivity contribution in [3.63, 3.8) is 0 Å². The summed E-state index contributed by atoms with van der Waals surface area (Å²) >= 11 is 6.90. The van der Waals surface area contributed by atoms with E-state index in [0.29, 0.717) is 10.7 Å². The van der Waals surface area contributed by atoms with Crippen LogP contribution >= 0.6 is 24.0 Å². The van der Waals surface area contributed by atoms with Gasteiger partial charge in [-0.15, -0.1) is 0 Å². The topological polar surface area (TPSA) is 54.2 Å². The van der Waals surface area contributed by atoms with E-state index in [2.05, 4.69) is 15.2 Å². The lowest BCUT2D eigenvalue weighted by molar-refractivity contribution is 0.314. The second kappa shape index (κ2) is 6.92. The van der Waals surface area contributed by atoms with Crippen molar-refractivity contribution < 1.29 is 0 Å². The van der Waals surface area contributed by atoms with Crippen molar-refractivity contribution in [2.45, 2.75) is 0 Å². The Labute approximate surface area is 117 Å². The molecule has 1 aliphatic heterocycles. The Morgan fingerprint density at radius 3 is 2.83 bits per heavy atom. The van der Waals surface area contributed by atoms with Gasteiger partial charge < -0.3 is 11.1 Å². The number of thioether (sulfide) groups is 1. The molecule has 0 saturated carbocycles. The van der Waals surface area contributed by atoms with Gasteiger partial charge in [0, 0.05) is 37.7 Å². The van der Waals surface area contributed by atoms with Crippen molar-refractivity contribution in [1.82, 2.24) is 9.88 Å². The van der Waals surface area contributed by atoms with Gasteiger partial charge in [0.15, 0.2) is 0 Å². The van der Waals surface area contributed by atoms with Gasteiger partial charge in [0.05, 0.1) is 17.6 Å². The maximum atomic E-state index is 5.50. The van der Waals surface area contributed by atoms with Crippen molar-refractivity contribution in [1.29, 1.82) is 0 Å². The number of aromatic nitrogens is 1. The third-order valence-electron chi connectivity index (χ3n) is 2.88. The smallest absolute Gasteiger partial charge is 0.122 e. The molecule has 18 heavy (non-hydrogen) atoms. The van der Waals surface area contributed by atoms with E-state index >= 15 is 0 Å². The van der Waals surface area contributed by atoms with E-state index in [-0.39, 0.29) is 0 Å². The van der Waals surface area contributed by atoms with Crippen LogP contribution in [0.2, 0.25) is 0 Å². The van der Waals surface area contributed by atoms with E-state index in [1.165, 1.54) is 24.6 Å². The first kappa shape index (κ1) is 13.6. The minimum absolute atomic E-state index is 0.340. The Hall–Kier alpha value is -0.850. The molecule has 0 radical (unpaired) electrons. The zero-order valence-corrected chi connectivity index (χ0v) is 11.9. The Morgan fingerprint density at radius 1 is 1.44 bits per heavy atom. The fourth-order valence-corrected chi connectivity index (χ4v) is 2.93. The Morgan fingerprint density at radius 2 is 2.22 bits per heavy atom. The molecule has 1 aliphatic rings. The number of nitrogens with one attached hydrogen (secondary N) is 1. The fraction of sp³-hybridized carbons (Fsp3) is 0.500. The third kappa shape index (κ3) is 4.12. The second-order valence-electron chi connectivity index (χ2n) is 4.18. The van der Waals surface area contributed by atoms with Crippen LogP contribution in [-0.4, -0.2) is 52.6 Å². The van der Waals surface area contributed by atoms with Crippen molar-refractivity contribution >= 4 is 34.7 Å². The average Bonchev–Trinajstić information content (AvgIpc) is 2.40. The van der Waals surface area contributed by atoms with E-state index in [1.54, 1.807) is 6.20 Å². The predicted octanol–water partition coefficient (Wildman–Crippen LogP) is 1.18. The van der Waals surface area contributed by atoms with Gasteiger partial charge in [-0.05, 0) is 12.1 Å². The summed E-state index contributed by atoms with van der Waals surface area (Å²) in [5.41, 5.74) is 7.19. The number of hydrogen-bond acceptors (Lipinski definition) is 5. The van der Waals surface area contributed by atoms with Crippen LogP contribution < -0.4 is 11.1 Å². The zero-order valence-electron chi connectivity index (χ0n) is 10.3. The SMILES string of the molecule is NC(=S)c1ccc(NCCN2CCSCC2)cn1. The number of thiocarbonyl (C=S) groups is 1. The Balaban J connectivity index is 1.74. The molecule has 0 spiro atoms. The van der Waals surface area contributed by atoms with Crippen LogP contribution in [0.5, 0.6) is 0 Å². The van der Waals surface area contributed by atoms with Gasteiger partial charge in [0.25, 0.3) is 0 Å². The maximum absolute atomic E-state index is 5.50. The van der Waals surface area contributed by atoms with Gasteiger partial charge in [-0.25, -0.2) is 0 Å². The first-order chi connectivity index (χ1) is 8.75. The summed E-state index contributed by atoms with van der Waals surface area (Å²) in [5.74, 6) is 2.51. The summed E-state index contributed by atoms with van der Waals surface area (Å²) in [5, 5.41) is 3.36. The lowest BCUT2D eigenvalue weighted by Crippen LogP contribution is -2.36. The van der Waals surface area contributed by atoms with Gasteiger partial charge in [-0.2, -0.15) is 11.8 Å². The standard InChI is InChI=1S/C12H18N4S2/c13-12(17)11-2-1-10(9-15-11)14-3-4-16-5-7-18-8-6-16/h1-2,9,14H,3-8H2,(H2,13,17). The summed E-state index contributed by atoms with van der Waals surface area (Å²) in [6.45, 7) is 4.42. The molecule has 0 amide bonds. The first-order valence-electron chi connectivity index (χ1n) is 6.05. The number of nitrogens with two attached hydrogens (primary N) is 1. The Bertz CT molecular complexity index is 388. The largest absolute Gasteiger partial charge is 0.388 e. The van der Waals surface area contributed by atoms with Crippen LogP contribution in [0.1, 0.15) is 5.69 Å². The molecule has 2 rings (SSSR count). The molecule has 6 heteroatoms. The molecular weight excluding hydrogens is 264 g/mol.